The molecular formula is C11H17BrN2OS. The fourth-order valence-corrected chi connectivity index (χ4v) is 2.71. The molecule has 0 aromatic carbocycles. The van der Waals surface area contributed by atoms with Gasteiger partial charge < -0.3 is 10.6 Å². The average Bonchev–Trinajstić information content (AvgIpc) is 2.69. The summed E-state index contributed by atoms with van der Waals surface area (Å²) in [7, 11) is 0. The minimum atomic E-state index is 0.0596. The van der Waals surface area contributed by atoms with Crippen LogP contribution in [0, 0.1) is 0 Å². The fourth-order valence-electron chi connectivity index (χ4n) is 1.23. The Morgan fingerprint density at radius 3 is 2.94 bits per heavy atom. The van der Waals surface area contributed by atoms with Gasteiger partial charge in [0.15, 0.2) is 0 Å². The molecule has 90 valence electrons. The van der Waals surface area contributed by atoms with Gasteiger partial charge >= 0.3 is 0 Å². The number of carbonyl (C=O) groups is 1. The highest BCUT2D eigenvalue weighted by atomic mass is 79.9. The molecule has 1 aromatic rings. The van der Waals surface area contributed by atoms with Crippen LogP contribution < -0.4 is 10.6 Å². The van der Waals surface area contributed by atoms with Crippen LogP contribution in [-0.4, -0.2) is 19.0 Å². The molecule has 16 heavy (non-hydrogen) atoms. The maximum Gasteiger partial charge on any atom is 0.233 e. The Bertz CT molecular complexity index is 340. The molecule has 1 unspecified atom stereocenters. The van der Waals surface area contributed by atoms with Gasteiger partial charge in [-0.2, -0.15) is 0 Å². The van der Waals surface area contributed by atoms with Crippen LogP contribution >= 0.6 is 27.3 Å². The molecule has 0 radical (unpaired) electrons. The van der Waals surface area contributed by atoms with Crippen molar-refractivity contribution in [3.05, 3.63) is 20.8 Å². The molecule has 1 amide bonds. The van der Waals surface area contributed by atoms with Crippen molar-refractivity contribution in [2.75, 3.05) is 13.1 Å². The van der Waals surface area contributed by atoms with Crippen LogP contribution in [-0.2, 0) is 4.79 Å². The third kappa shape index (κ3) is 4.63. The normalized spacial score (nSPS) is 12.4. The number of nitrogens with one attached hydrogen (secondary N) is 2. The number of rotatable bonds is 6. The second-order valence-corrected chi connectivity index (χ2v) is 5.48. The number of halogens is 1. The minimum Gasteiger partial charge on any atom is -0.355 e. The van der Waals surface area contributed by atoms with Gasteiger partial charge in [-0.05, 0) is 35.3 Å². The molecule has 5 heteroatoms. The van der Waals surface area contributed by atoms with E-state index in [1.807, 2.05) is 12.3 Å². The van der Waals surface area contributed by atoms with Gasteiger partial charge in [-0.15, -0.1) is 11.3 Å². The van der Waals surface area contributed by atoms with Crippen LogP contribution in [0.25, 0.3) is 0 Å². The lowest BCUT2D eigenvalue weighted by Gasteiger charge is -2.11. The SMILES string of the molecule is CCCNC(=O)CNC(C)c1cc(Br)cs1. The van der Waals surface area contributed by atoms with E-state index in [1.165, 1.54) is 4.88 Å². The fraction of sp³-hybridized carbons (Fsp3) is 0.545. The summed E-state index contributed by atoms with van der Waals surface area (Å²) in [5, 5.41) is 8.08. The van der Waals surface area contributed by atoms with Crippen molar-refractivity contribution in [3.8, 4) is 0 Å². The van der Waals surface area contributed by atoms with Gasteiger partial charge in [-0.3, -0.25) is 4.79 Å². The molecule has 1 atom stereocenters. The number of amides is 1. The first kappa shape index (κ1) is 13.7. The molecule has 0 aliphatic rings. The zero-order valence-electron chi connectivity index (χ0n) is 9.55. The van der Waals surface area contributed by atoms with Crippen LogP contribution in [0.2, 0.25) is 0 Å². The van der Waals surface area contributed by atoms with Crippen molar-refractivity contribution in [1.29, 1.82) is 0 Å². The Hall–Kier alpha value is -0.390. The van der Waals surface area contributed by atoms with Crippen molar-refractivity contribution < 1.29 is 4.79 Å². The Kier molecular flexibility index (Phi) is 6.01. The second kappa shape index (κ2) is 7.04. The predicted molar refractivity (Wildman–Crippen MR) is 71.7 cm³/mol. The molecule has 0 bridgehead atoms. The first-order valence-electron chi connectivity index (χ1n) is 5.37. The summed E-state index contributed by atoms with van der Waals surface area (Å²) in [6.07, 6.45) is 0.971. The van der Waals surface area contributed by atoms with Gasteiger partial charge in [-0.1, -0.05) is 6.92 Å². The molecule has 1 heterocycles. The topological polar surface area (TPSA) is 41.1 Å². The first-order chi connectivity index (χ1) is 7.63. The summed E-state index contributed by atoms with van der Waals surface area (Å²) in [5.41, 5.74) is 0. The third-order valence-electron chi connectivity index (χ3n) is 2.16. The molecule has 0 spiro atoms. The highest BCUT2D eigenvalue weighted by molar-refractivity contribution is 9.10. The molecule has 1 rings (SSSR count). The van der Waals surface area contributed by atoms with Crippen LogP contribution in [0.15, 0.2) is 15.9 Å². The van der Waals surface area contributed by atoms with Crippen molar-refractivity contribution >= 4 is 33.2 Å². The molecule has 0 saturated heterocycles. The van der Waals surface area contributed by atoms with E-state index in [2.05, 4.69) is 39.6 Å². The van der Waals surface area contributed by atoms with Crippen molar-refractivity contribution in [1.82, 2.24) is 10.6 Å². The van der Waals surface area contributed by atoms with Gasteiger partial charge in [-0.25, -0.2) is 0 Å². The molecule has 0 saturated carbocycles. The lowest BCUT2D eigenvalue weighted by molar-refractivity contribution is -0.120. The predicted octanol–water partition coefficient (Wildman–Crippen LogP) is 2.69. The maximum atomic E-state index is 11.4. The number of thiophene rings is 1. The van der Waals surface area contributed by atoms with Crippen molar-refractivity contribution in [2.24, 2.45) is 0 Å². The van der Waals surface area contributed by atoms with E-state index in [4.69, 9.17) is 0 Å². The quantitative estimate of drug-likeness (QED) is 0.848. The van der Waals surface area contributed by atoms with Gasteiger partial charge in [0.05, 0.1) is 6.54 Å². The van der Waals surface area contributed by atoms with E-state index in [-0.39, 0.29) is 11.9 Å². The molecule has 1 aromatic heterocycles. The minimum absolute atomic E-state index is 0.0596. The number of carbonyl (C=O) groups excluding carboxylic acids is 1. The van der Waals surface area contributed by atoms with Gasteiger partial charge in [0.1, 0.15) is 0 Å². The van der Waals surface area contributed by atoms with Crippen LogP contribution in [0.3, 0.4) is 0 Å². The monoisotopic (exact) mass is 304 g/mol. The summed E-state index contributed by atoms with van der Waals surface area (Å²) in [4.78, 5) is 12.6. The van der Waals surface area contributed by atoms with E-state index in [1.54, 1.807) is 11.3 Å². The Morgan fingerprint density at radius 2 is 2.38 bits per heavy atom. The lowest BCUT2D eigenvalue weighted by atomic mass is 10.3. The Labute approximate surface area is 109 Å². The summed E-state index contributed by atoms with van der Waals surface area (Å²) in [5.74, 6) is 0.0596. The Balaban J connectivity index is 2.29. The van der Waals surface area contributed by atoms with Crippen LogP contribution in [0.5, 0.6) is 0 Å². The molecule has 2 N–H and O–H groups in total. The van der Waals surface area contributed by atoms with Crippen LogP contribution in [0.4, 0.5) is 0 Å². The van der Waals surface area contributed by atoms with Crippen LogP contribution in [0.1, 0.15) is 31.2 Å². The van der Waals surface area contributed by atoms with Gasteiger partial charge in [0.25, 0.3) is 0 Å². The summed E-state index contributed by atoms with van der Waals surface area (Å²) >= 11 is 5.10. The molecular weight excluding hydrogens is 288 g/mol. The van der Waals surface area contributed by atoms with E-state index in [9.17, 15) is 4.79 Å². The lowest BCUT2D eigenvalue weighted by Crippen LogP contribution is -2.35. The number of hydrogen-bond donors (Lipinski definition) is 2. The summed E-state index contributed by atoms with van der Waals surface area (Å²) < 4.78 is 1.09. The highest BCUT2D eigenvalue weighted by Crippen LogP contribution is 2.24. The second-order valence-electron chi connectivity index (χ2n) is 3.62. The molecule has 0 fully saturated rings. The first-order valence-corrected chi connectivity index (χ1v) is 7.04. The average molecular weight is 305 g/mol. The van der Waals surface area contributed by atoms with E-state index >= 15 is 0 Å². The largest absolute Gasteiger partial charge is 0.355 e. The van der Waals surface area contributed by atoms with Gasteiger partial charge in [0, 0.05) is 27.3 Å². The highest BCUT2D eigenvalue weighted by Gasteiger charge is 2.09. The van der Waals surface area contributed by atoms with E-state index < -0.39 is 0 Å². The number of hydrogen-bond acceptors (Lipinski definition) is 3. The standard InChI is InChI=1S/C11H17BrN2OS/c1-3-4-13-11(15)6-14-8(2)10-5-9(12)7-16-10/h5,7-8,14H,3-4,6H2,1-2H3,(H,13,15). The third-order valence-corrected chi connectivity index (χ3v) is 4.03. The van der Waals surface area contributed by atoms with Crippen molar-refractivity contribution in [3.63, 3.8) is 0 Å². The zero-order valence-corrected chi connectivity index (χ0v) is 12.0. The smallest absolute Gasteiger partial charge is 0.233 e. The van der Waals surface area contributed by atoms with E-state index in [0.717, 1.165) is 17.4 Å². The molecule has 3 nitrogen and oxygen atoms in total. The van der Waals surface area contributed by atoms with E-state index in [0.29, 0.717) is 6.54 Å². The molecule has 0 aliphatic carbocycles. The maximum absolute atomic E-state index is 11.4. The molecule has 0 aliphatic heterocycles. The Morgan fingerprint density at radius 1 is 1.62 bits per heavy atom. The summed E-state index contributed by atoms with van der Waals surface area (Å²) in [6.45, 7) is 5.22. The zero-order chi connectivity index (χ0) is 12.0. The summed E-state index contributed by atoms with van der Waals surface area (Å²) in [6, 6.07) is 2.29. The van der Waals surface area contributed by atoms with Crippen molar-refractivity contribution in [2.45, 2.75) is 26.3 Å². The van der Waals surface area contributed by atoms with Gasteiger partial charge in [0.2, 0.25) is 5.91 Å².